The number of fused-ring (bicyclic) bond motifs is 1. The van der Waals surface area contributed by atoms with Gasteiger partial charge in [0, 0.05) is 25.2 Å². The van der Waals surface area contributed by atoms with Gasteiger partial charge in [-0.15, -0.1) is 11.3 Å². The fraction of sp³-hybridized carbons (Fsp3) is 0.333. The first-order chi connectivity index (χ1) is 11.7. The van der Waals surface area contributed by atoms with E-state index in [-0.39, 0.29) is 0 Å². The van der Waals surface area contributed by atoms with Crippen LogP contribution in [0.15, 0.2) is 24.8 Å². The van der Waals surface area contributed by atoms with Crippen LogP contribution in [0.1, 0.15) is 23.8 Å². The van der Waals surface area contributed by atoms with Crippen LogP contribution in [0.3, 0.4) is 0 Å². The van der Waals surface area contributed by atoms with E-state index in [0.717, 1.165) is 47.8 Å². The van der Waals surface area contributed by atoms with E-state index in [4.69, 9.17) is 5.73 Å². The van der Waals surface area contributed by atoms with E-state index in [9.17, 15) is 4.79 Å². The molecular formula is C15H17N7OS. The first-order valence-electron chi connectivity index (χ1n) is 7.76. The molecule has 124 valence electrons. The van der Waals surface area contributed by atoms with Gasteiger partial charge in [-0.05, 0) is 18.9 Å². The van der Waals surface area contributed by atoms with Crippen molar-refractivity contribution >= 4 is 39.2 Å². The molecule has 3 aromatic rings. The van der Waals surface area contributed by atoms with Crippen molar-refractivity contribution in [2.45, 2.75) is 18.8 Å². The number of nitrogens with two attached hydrogens (primary N) is 1. The molecule has 1 aliphatic heterocycles. The van der Waals surface area contributed by atoms with E-state index >= 15 is 0 Å². The number of nitrogens with zero attached hydrogens (tertiary/aromatic N) is 4. The predicted molar refractivity (Wildman–Crippen MR) is 93.4 cm³/mol. The van der Waals surface area contributed by atoms with Gasteiger partial charge in [-0.1, -0.05) is 0 Å². The SMILES string of the molecule is NC(=O)Nc1cnc(C2CCCN(c3ncnc4[nH]ccc34)C2)s1. The third-order valence-corrected chi connectivity index (χ3v) is 5.25. The molecule has 0 saturated carbocycles. The lowest BCUT2D eigenvalue weighted by Crippen LogP contribution is -2.35. The molecule has 4 rings (SSSR count). The number of thiazole rings is 1. The number of anilines is 2. The van der Waals surface area contributed by atoms with E-state index in [1.54, 1.807) is 12.5 Å². The molecule has 1 aliphatic rings. The Hall–Kier alpha value is -2.68. The van der Waals surface area contributed by atoms with Crippen LogP contribution >= 0.6 is 11.3 Å². The number of carbonyl (C=O) groups excluding carboxylic acids is 1. The Morgan fingerprint density at radius 2 is 2.33 bits per heavy atom. The Balaban J connectivity index is 1.56. The van der Waals surface area contributed by atoms with Gasteiger partial charge in [-0.25, -0.2) is 19.7 Å². The summed E-state index contributed by atoms with van der Waals surface area (Å²) in [6.45, 7) is 1.81. The predicted octanol–water partition coefficient (Wildman–Crippen LogP) is 2.29. The maximum atomic E-state index is 11.0. The van der Waals surface area contributed by atoms with Gasteiger partial charge in [0.25, 0.3) is 0 Å². The number of nitrogens with one attached hydrogen (secondary N) is 2. The van der Waals surface area contributed by atoms with Crippen LogP contribution in [0.25, 0.3) is 11.0 Å². The minimum Gasteiger partial charge on any atom is -0.355 e. The number of aromatic nitrogens is 4. The number of amides is 2. The summed E-state index contributed by atoms with van der Waals surface area (Å²) in [5, 5.41) is 5.32. The monoisotopic (exact) mass is 343 g/mol. The van der Waals surface area contributed by atoms with Gasteiger partial charge in [-0.2, -0.15) is 0 Å². The standard InChI is InChI=1S/C15H17N7OS/c16-15(23)21-11-6-18-14(24-11)9-2-1-5-22(7-9)13-10-3-4-17-12(10)19-8-20-13/h3-4,6,8-9H,1-2,5,7H2,(H3,16,21,23)(H,17,19,20). The van der Waals surface area contributed by atoms with Crippen LogP contribution < -0.4 is 16.0 Å². The minimum absolute atomic E-state index is 0.316. The summed E-state index contributed by atoms with van der Waals surface area (Å²) in [5.41, 5.74) is 6.01. The van der Waals surface area contributed by atoms with Crippen molar-refractivity contribution in [1.82, 2.24) is 19.9 Å². The number of hydrogen-bond donors (Lipinski definition) is 3. The van der Waals surface area contributed by atoms with Crippen LogP contribution in [-0.2, 0) is 0 Å². The number of urea groups is 1. The summed E-state index contributed by atoms with van der Waals surface area (Å²) in [4.78, 5) is 29.5. The maximum absolute atomic E-state index is 11.0. The lowest BCUT2D eigenvalue weighted by molar-refractivity contribution is 0.259. The summed E-state index contributed by atoms with van der Waals surface area (Å²) in [7, 11) is 0. The summed E-state index contributed by atoms with van der Waals surface area (Å²) in [6, 6.07) is 1.44. The summed E-state index contributed by atoms with van der Waals surface area (Å²) in [6.07, 6.45) is 7.28. The van der Waals surface area contributed by atoms with Crippen LogP contribution in [0.2, 0.25) is 0 Å². The lowest BCUT2D eigenvalue weighted by atomic mass is 9.98. The number of rotatable bonds is 3. The van der Waals surface area contributed by atoms with Crippen molar-refractivity contribution in [3.05, 3.63) is 29.8 Å². The molecule has 0 spiro atoms. The second kappa shape index (κ2) is 6.08. The molecule has 1 unspecified atom stereocenters. The number of piperidine rings is 1. The highest BCUT2D eigenvalue weighted by molar-refractivity contribution is 7.15. The number of primary amides is 1. The van der Waals surface area contributed by atoms with Crippen molar-refractivity contribution in [2.75, 3.05) is 23.3 Å². The van der Waals surface area contributed by atoms with Crippen molar-refractivity contribution in [3.8, 4) is 0 Å². The second-order valence-corrected chi connectivity index (χ2v) is 6.84. The Labute approximate surface area is 142 Å². The van der Waals surface area contributed by atoms with Gasteiger partial charge in [0.1, 0.15) is 22.8 Å². The van der Waals surface area contributed by atoms with Crippen molar-refractivity contribution in [3.63, 3.8) is 0 Å². The summed E-state index contributed by atoms with van der Waals surface area (Å²) < 4.78 is 0. The third-order valence-electron chi connectivity index (χ3n) is 4.17. The topological polar surface area (TPSA) is 113 Å². The molecule has 4 heterocycles. The molecule has 0 radical (unpaired) electrons. The van der Waals surface area contributed by atoms with Crippen molar-refractivity contribution in [2.24, 2.45) is 5.73 Å². The summed E-state index contributed by atoms with van der Waals surface area (Å²) in [5.74, 6) is 1.27. The van der Waals surface area contributed by atoms with Crippen molar-refractivity contribution < 1.29 is 4.79 Å². The first kappa shape index (κ1) is 14.9. The number of aromatic amines is 1. The summed E-state index contributed by atoms with van der Waals surface area (Å²) >= 11 is 1.48. The normalized spacial score (nSPS) is 18.0. The molecule has 1 atom stereocenters. The molecule has 1 saturated heterocycles. The Morgan fingerprint density at radius 3 is 3.21 bits per heavy atom. The maximum Gasteiger partial charge on any atom is 0.317 e. The van der Waals surface area contributed by atoms with Gasteiger partial charge in [-0.3, -0.25) is 5.32 Å². The fourth-order valence-electron chi connectivity index (χ4n) is 3.14. The number of H-pyrrole nitrogens is 1. The highest BCUT2D eigenvalue weighted by Gasteiger charge is 2.26. The zero-order valence-electron chi connectivity index (χ0n) is 12.9. The number of hydrogen-bond acceptors (Lipinski definition) is 6. The van der Waals surface area contributed by atoms with Gasteiger partial charge in [0.2, 0.25) is 0 Å². The minimum atomic E-state index is -0.564. The van der Waals surface area contributed by atoms with E-state index in [0.29, 0.717) is 10.9 Å². The quantitative estimate of drug-likeness (QED) is 0.675. The lowest BCUT2D eigenvalue weighted by Gasteiger charge is -2.32. The van der Waals surface area contributed by atoms with E-state index < -0.39 is 6.03 Å². The van der Waals surface area contributed by atoms with Crippen molar-refractivity contribution in [1.29, 1.82) is 0 Å². The molecule has 0 aromatic carbocycles. The van der Waals surface area contributed by atoms with E-state index in [1.807, 2.05) is 12.3 Å². The third kappa shape index (κ3) is 2.78. The Bertz CT molecular complexity index is 873. The zero-order valence-corrected chi connectivity index (χ0v) is 13.7. The average molecular weight is 343 g/mol. The Kier molecular flexibility index (Phi) is 3.77. The second-order valence-electron chi connectivity index (χ2n) is 5.77. The zero-order chi connectivity index (χ0) is 16.5. The first-order valence-corrected chi connectivity index (χ1v) is 8.57. The van der Waals surface area contributed by atoms with Gasteiger partial charge < -0.3 is 15.6 Å². The van der Waals surface area contributed by atoms with E-state index in [1.165, 1.54) is 11.3 Å². The average Bonchev–Trinajstić information content (AvgIpc) is 3.23. The highest BCUT2D eigenvalue weighted by Crippen LogP contribution is 2.34. The molecule has 0 aliphatic carbocycles. The fourth-order valence-corrected chi connectivity index (χ4v) is 4.08. The number of carbonyl (C=O) groups is 1. The van der Waals surface area contributed by atoms with Crippen LogP contribution in [-0.4, -0.2) is 39.1 Å². The molecule has 24 heavy (non-hydrogen) atoms. The molecule has 1 fully saturated rings. The highest BCUT2D eigenvalue weighted by atomic mass is 32.1. The molecular weight excluding hydrogens is 326 g/mol. The molecule has 4 N–H and O–H groups in total. The van der Waals surface area contributed by atoms with E-state index in [2.05, 4.69) is 30.2 Å². The van der Waals surface area contributed by atoms with Gasteiger partial charge in [0.05, 0.1) is 16.6 Å². The van der Waals surface area contributed by atoms with Gasteiger partial charge in [0.15, 0.2) is 0 Å². The molecule has 8 nitrogen and oxygen atoms in total. The van der Waals surface area contributed by atoms with Crippen LogP contribution in [0.5, 0.6) is 0 Å². The Morgan fingerprint density at radius 1 is 1.42 bits per heavy atom. The molecule has 0 bridgehead atoms. The van der Waals surface area contributed by atoms with Gasteiger partial charge >= 0.3 is 6.03 Å². The molecule has 3 aromatic heterocycles. The van der Waals surface area contributed by atoms with Crippen LogP contribution in [0.4, 0.5) is 15.6 Å². The molecule has 9 heteroatoms. The largest absolute Gasteiger partial charge is 0.355 e. The smallest absolute Gasteiger partial charge is 0.317 e. The molecule has 2 amide bonds. The van der Waals surface area contributed by atoms with Crippen LogP contribution in [0, 0.1) is 0 Å².